The molecule has 0 bridgehead atoms. The molecule has 0 heterocycles. The molecule has 0 aromatic heterocycles. The van der Waals surface area contributed by atoms with Gasteiger partial charge in [-0.05, 0) is 12.1 Å². The monoisotopic (exact) mass is 294 g/mol. The summed E-state index contributed by atoms with van der Waals surface area (Å²) < 4.78 is 16.2. The average Bonchev–Trinajstić information content (AvgIpc) is 2.23. The van der Waals surface area contributed by atoms with E-state index in [2.05, 4.69) is 37.9 Å². The summed E-state index contributed by atoms with van der Waals surface area (Å²) in [5, 5.41) is 0.754. The van der Waals surface area contributed by atoms with Crippen molar-refractivity contribution in [3.63, 3.8) is 0 Å². The van der Waals surface area contributed by atoms with Crippen molar-refractivity contribution in [2.24, 2.45) is 0 Å². The summed E-state index contributed by atoms with van der Waals surface area (Å²) in [5.74, 6) is 0. The van der Waals surface area contributed by atoms with Gasteiger partial charge >= 0.3 is 8.80 Å². The highest BCUT2D eigenvalue weighted by molar-refractivity contribution is 7.82. The summed E-state index contributed by atoms with van der Waals surface area (Å²) >= 11 is 13.0. The molecule has 0 saturated heterocycles. The van der Waals surface area contributed by atoms with Crippen molar-refractivity contribution in [3.05, 3.63) is 12.1 Å². The highest BCUT2D eigenvalue weighted by atomic mass is 32.1. The van der Waals surface area contributed by atoms with Crippen LogP contribution in [-0.2, 0) is 13.3 Å². The molecule has 0 amide bonds. The molecular formula is C9H14O3S3Si. The van der Waals surface area contributed by atoms with E-state index < -0.39 is 8.80 Å². The number of rotatable bonds is 4. The molecule has 90 valence electrons. The second-order valence-electron chi connectivity index (χ2n) is 3.03. The fraction of sp³-hybridized carbons (Fsp3) is 0.333. The van der Waals surface area contributed by atoms with Crippen LogP contribution in [-0.4, -0.2) is 30.1 Å². The van der Waals surface area contributed by atoms with Crippen molar-refractivity contribution in [2.45, 2.75) is 14.7 Å². The van der Waals surface area contributed by atoms with E-state index in [1.54, 1.807) is 33.5 Å². The molecule has 3 nitrogen and oxygen atoms in total. The van der Waals surface area contributed by atoms with E-state index in [0.29, 0.717) is 9.79 Å². The molecule has 1 aromatic rings. The maximum absolute atomic E-state index is 5.40. The van der Waals surface area contributed by atoms with Crippen molar-refractivity contribution in [3.8, 4) is 0 Å². The van der Waals surface area contributed by atoms with Crippen LogP contribution in [0.15, 0.2) is 26.8 Å². The Kier molecular flexibility index (Phi) is 5.24. The summed E-state index contributed by atoms with van der Waals surface area (Å²) in [7, 11) is 1.76. The van der Waals surface area contributed by atoms with E-state index in [4.69, 9.17) is 13.3 Å². The highest BCUT2D eigenvalue weighted by Crippen LogP contribution is 2.22. The summed E-state index contributed by atoms with van der Waals surface area (Å²) in [6, 6.07) is 3.61. The molecule has 0 saturated carbocycles. The van der Waals surface area contributed by atoms with E-state index in [0.717, 1.165) is 10.1 Å². The SMILES string of the molecule is CO[Si](OC)(OC)c1c(S)cc(S)cc1S. The van der Waals surface area contributed by atoms with Gasteiger partial charge in [0.15, 0.2) is 0 Å². The first kappa shape index (κ1) is 14.4. The second-order valence-corrected chi connectivity index (χ2v) is 7.34. The Bertz CT molecular complexity index is 351. The van der Waals surface area contributed by atoms with E-state index in [1.165, 1.54) is 0 Å². The van der Waals surface area contributed by atoms with Crippen LogP contribution in [0.4, 0.5) is 0 Å². The molecule has 0 aliphatic rings. The van der Waals surface area contributed by atoms with Crippen molar-refractivity contribution < 1.29 is 13.3 Å². The largest absolute Gasteiger partial charge is 0.538 e. The minimum absolute atomic E-state index is 0.703. The van der Waals surface area contributed by atoms with Crippen LogP contribution in [0.25, 0.3) is 0 Å². The minimum Gasteiger partial charge on any atom is -0.373 e. The third-order valence-corrected chi connectivity index (χ3v) is 6.34. The van der Waals surface area contributed by atoms with Gasteiger partial charge in [-0.2, -0.15) is 0 Å². The van der Waals surface area contributed by atoms with Crippen molar-refractivity contribution in [1.29, 1.82) is 0 Å². The normalized spacial score (nSPS) is 11.9. The van der Waals surface area contributed by atoms with Gasteiger partial charge in [0.05, 0.1) is 0 Å². The molecule has 0 aliphatic carbocycles. The van der Waals surface area contributed by atoms with Gasteiger partial charge in [-0.15, -0.1) is 37.9 Å². The lowest BCUT2D eigenvalue weighted by molar-refractivity contribution is 0.139. The van der Waals surface area contributed by atoms with Crippen molar-refractivity contribution >= 4 is 51.9 Å². The van der Waals surface area contributed by atoms with Gasteiger partial charge in [-0.25, -0.2) is 0 Å². The number of hydrogen-bond donors (Lipinski definition) is 3. The Morgan fingerprint density at radius 1 is 0.875 bits per heavy atom. The zero-order chi connectivity index (χ0) is 12.3. The minimum atomic E-state index is -2.89. The fourth-order valence-electron chi connectivity index (χ4n) is 1.47. The maximum atomic E-state index is 5.40. The van der Waals surface area contributed by atoms with Crippen LogP contribution in [0, 0.1) is 0 Å². The molecule has 0 fully saturated rings. The topological polar surface area (TPSA) is 27.7 Å². The molecule has 0 aliphatic heterocycles. The van der Waals surface area contributed by atoms with Gasteiger partial charge in [0, 0.05) is 41.2 Å². The van der Waals surface area contributed by atoms with Gasteiger partial charge in [-0.3, -0.25) is 0 Å². The Morgan fingerprint density at radius 3 is 1.56 bits per heavy atom. The number of benzene rings is 1. The summed E-state index contributed by atoms with van der Waals surface area (Å²) in [5.41, 5.74) is 0. The number of hydrogen-bond acceptors (Lipinski definition) is 6. The van der Waals surface area contributed by atoms with Crippen LogP contribution in [0.2, 0.25) is 0 Å². The first-order valence-electron chi connectivity index (χ1n) is 4.41. The van der Waals surface area contributed by atoms with E-state index in [-0.39, 0.29) is 0 Å². The Hall–Kier alpha value is 0.367. The van der Waals surface area contributed by atoms with Crippen LogP contribution < -0.4 is 5.19 Å². The average molecular weight is 294 g/mol. The second kappa shape index (κ2) is 5.81. The van der Waals surface area contributed by atoms with E-state index in [9.17, 15) is 0 Å². The predicted octanol–water partition coefficient (Wildman–Crippen LogP) is 1.64. The summed E-state index contributed by atoms with van der Waals surface area (Å²) in [4.78, 5) is 2.19. The quantitative estimate of drug-likeness (QED) is 0.582. The maximum Gasteiger partial charge on any atom is 0.538 e. The molecule has 0 spiro atoms. The van der Waals surface area contributed by atoms with Gasteiger partial charge in [0.1, 0.15) is 0 Å². The van der Waals surface area contributed by atoms with Crippen LogP contribution in [0.3, 0.4) is 0 Å². The Balaban J connectivity index is 3.40. The van der Waals surface area contributed by atoms with Crippen LogP contribution >= 0.6 is 37.9 Å². The van der Waals surface area contributed by atoms with Crippen LogP contribution in [0.1, 0.15) is 0 Å². The van der Waals surface area contributed by atoms with Gasteiger partial charge in [-0.1, -0.05) is 0 Å². The summed E-state index contributed by atoms with van der Waals surface area (Å²) in [6.45, 7) is 0. The molecule has 0 N–H and O–H groups in total. The third kappa shape index (κ3) is 2.61. The third-order valence-electron chi connectivity index (χ3n) is 2.19. The van der Waals surface area contributed by atoms with Gasteiger partial charge in [0.25, 0.3) is 0 Å². The van der Waals surface area contributed by atoms with Crippen LogP contribution in [0.5, 0.6) is 0 Å². The van der Waals surface area contributed by atoms with E-state index in [1.807, 2.05) is 0 Å². The first-order chi connectivity index (χ1) is 7.50. The lowest BCUT2D eigenvalue weighted by atomic mass is 10.3. The molecule has 1 aromatic carbocycles. The smallest absolute Gasteiger partial charge is 0.373 e. The molecule has 0 unspecified atom stereocenters. The highest BCUT2D eigenvalue weighted by Gasteiger charge is 2.44. The number of thiol groups is 3. The Morgan fingerprint density at radius 2 is 1.25 bits per heavy atom. The fourth-order valence-corrected chi connectivity index (χ4v) is 5.24. The zero-order valence-electron chi connectivity index (χ0n) is 9.22. The molecule has 0 atom stereocenters. The Labute approximate surface area is 113 Å². The lowest BCUT2D eigenvalue weighted by Crippen LogP contribution is -2.56. The zero-order valence-corrected chi connectivity index (χ0v) is 12.9. The van der Waals surface area contributed by atoms with Gasteiger partial charge < -0.3 is 13.3 Å². The van der Waals surface area contributed by atoms with E-state index >= 15 is 0 Å². The lowest BCUT2D eigenvalue weighted by Gasteiger charge is -2.27. The standard InChI is InChI=1S/C9H14O3S3Si/c1-10-16(11-2,12-3)9-7(14)4-6(13)5-8(9)15/h4-5,13-15H,1-3H3. The molecule has 0 radical (unpaired) electrons. The molecule has 7 heteroatoms. The van der Waals surface area contributed by atoms with Gasteiger partial charge in [0.2, 0.25) is 0 Å². The van der Waals surface area contributed by atoms with Crippen molar-refractivity contribution in [2.75, 3.05) is 21.3 Å². The first-order valence-corrected chi connectivity index (χ1v) is 7.48. The molecular weight excluding hydrogens is 280 g/mol. The van der Waals surface area contributed by atoms with Crippen molar-refractivity contribution in [1.82, 2.24) is 0 Å². The molecule has 16 heavy (non-hydrogen) atoms. The summed E-state index contributed by atoms with van der Waals surface area (Å²) in [6.07, 6.45) is 0. The molecule has 1 rings (SSSR count). The predicted molar refractivity (Wildman–Crippen MR) is 74.6 cm³/mol.